The predicted octanol–water partition coefficient (Wildman–Crippen LogP) is 2.75. The van der Waals surface area contributed by atoms with Gasteiger partial charge in [-0.1, -0.05) is 6.07 Å². The van der Waals surface area contributed by atoms with Crippen LogP contribution >= 0.6 is 0 Å². The highest BCUT2D eigenvalue weighted by Gasteiger charge is 2.18. The van der Waals surface area contributed by atoms with Crippen LogP contribution in [0.5, 0.6) is 0 Å². The summed E-state index contributed by atoms with van der Waals surface area (Å²) in [7, 11) is 0. The number of hydrogen-bond acceptors (Lipinski definition) is 2. The molecule has 0 aliphatic carbocycles. The van der Waals surface area contributed by atoms with E-state index in [0.717, 1.165) is 6.07 Å². The molecule has 0 radical (unpaired) electrons. The number of hydrogen-bond donors (Lipinski definition) is 1. The minimum atomic E-state index is -1.68. The van der Waals surface area contributed by atoms with Crippen LogP contribution in [0.3, 0.4) is 0 Å². The summed E-state index contributed by atoms with van der Waals surface area (Å²) in [4.78, 5) is 15.4. The number of aromatic nitrogens is 1. The SMILES string of the molecule is O=C(Nc1ccccn1)c1ccc(F)c(F)c1F. The Morgan fingerprint density at radius 1 is 1.06 bits per heavy atom. The number of nitrogens with one attached hydrogen (secondary N) is 1. The minimum Gasteiger partial charge on any atom is -0.306 e. The van der Waals surface area contributed by atoms with Crippen molar-refractivity contribution in [2.45, 2.75) is 0 Å². The van der Waals surface area contributed by atoms with Crippen LogP contribution in [0.2, 0.25) is 0 Å². The second kappa shape index (κ2) is 4.87. The average Bonchev–Trinajstić information content (AvgIpc) is 2.37. The second-order valence-corrected chi connectivity index (χ2v) is 3.39. The highest BCUT2D eigenvalue weighted by atomic mass is 19.2. The summed E-state index contributed by atoms with van der Waals surface area (Å²) < 4.78 is 39.0. The van der Waals surface area contributed by atoms with Crippen LogP contribution in [0, 0.1) is 17.5 Å². The lowest BCUT2D eigenvalue weighted by Crippen LogP contribution is -2.15. The minimum absolute atomic E-state index is 0.187. The van der Waals surface area contributed by atoms with Crippen LogP contribution in [-0.2, 0) is 0 Å². The Morgan fingerprint density at radius 3 is 2.50 bits per heavy atom. The molecule has 0 atom stereocenters. The first-order valence-corrected chi connectivity index (χ1v) is 4.95. The lowest BCUT2D eigenvalue weighted by Gasteiger charge is -2.05. The predicted molar refractivity (Wildman–Crippen MR) is 58.5 cm³/mol. The van der Waals surface area contributed by atoms with Crippen molar-refractivity contribution >= 4 is 11.7 Å². The van der Waals surface area contributed by atoms with Crippen molar-refractivity contribution in [3.8, 4) is 0 Å². The Labute approximate surface area is 100 Å². The van der Waals surface area contributed by atoms with E-state index in [1.807, 2.05) is 0 Å². The van der Waals surface area contributed by atoms with E-state index in [1.165, 1.54) is 12.3 Å². The molecule has 18 heavy (non-hydrogen) atoms. The first-order valence-electron chi connectivity index (χ1n) is 4.95. The van der Waals surface area contributed by atoms with E-state index in [9.17, 15) is 18.0 Å². The van der Waals surface area contributed by atoms with Gasteiger partial charge >= 0.3 is 0 Å². The number of benzene rings is 1. The molecule has 6 heteroatoms. The summed E-state index contributed by atoms with van der Waals surface area (Å²) in [5.74, 6) is -5.26. The van der Waals surface area contributed by atoms with Crippen molar-refractivity contribution in [2.75, 3.05) is 5.32 Å². The van der Waals surface area contributed by atoms with Crippen molar-refractivity contribution in [2.24, 2.45) is 0 Å². The van der Waals surface area contributed by atoms with Crippen LogP contribution in [0.25, 0.3) is 0 Å². The van der Waals surface area contributed by atoms with Crippen LogP contribution in [-0.4, -0.2) is 10.9 Å². The molecule has 0 fully saturated rings. The van der Waals surface area contributed by atoms with E-state index >= 15 is 0 Å². The molecule has 2 aromatic rings. The third-order valence-electron chi connectivity index (χ3n) is 2.19. The molecule has 0 aliphatic rings. The Kier molecular flexibility index (Phi) is 3.27. The topological polar surface area (TPSA) is 42.0 Å². The monoisotopic (exact) mass is 252 g/mol. The molecule has 3 nitrogen and oxygen atoms in total. The first kappa shape index (κ1) is 12.1. The zero-order chi connectivity index (χ0) is 13.1. The van der Waals surface area contributed by atoms with Gasteiger partial charge < -0.3 is 5.32 Å². The number of carbonyl (C=O) groups is 1. The van der Waals surface area contributed by atoms with Crippen molar-refractivity contribution in [1.29, 1.82) is 0 Å². The Bertz CT molecular complexity index is 587. The number of pyridine rings is 1. The number of carbonyl (C=O) groups excluding carboxylic acids is 1. The standard InChI is InChI=1S/C12H7F3N2O/c13-8-5-4-7(10(14)11(8)15)12(18)17-9-3-1-2-6-16-9/h1-6H,(H,16,17,18). The maximum absolute atomic E-state index is 13.3. The number of rotatable bonds is 2. The van der Waals surface area contributed by atoms with Gasteiger partial charge in [-0.2, -0.15) is 0 Å². The molecule has 1 aromatic heterocycles. The van der Waals surface area contributed by atoms with E-state index in [1.54, 1.807) is 12.1 Å². The molecule has 0 saturated carbocycles. The molecule has 92 valence electrons. The zero-order valence-corrected chi connectivity index (χ0v) is 8.95. The third-order valence-corrected chi connectivity index (χ3v) is 2.19. The summed E-state index contributed by atoms with van der Waals surface area (Å²) in [6, 6.07) is 6.28. The largest absolute Gasteiger partial charge is 0.306 e. The van der Waals surface area contributed by atoms with Gasteiger partial charge in [-0.3, -0.25) is 4.79 Å². The van der Waals surface area contributed by atoms with E-state index in [2.05, 4.69) is 10.3 Å². The number of nitrogens with zero attached hydrogens (tertiary/aromatic N) is 1. The van der Waals surface area contributed by atoms with Gasteiger partial charge in [0.1, 0.15) is 5.82 Å². The lowest BCUT2D eigenvalue weighted by molar-refractivity contribution is 0.102. The van der Waals surface area contributed by atoms with Crippen LogP contribution in [0.1, 0.15) is 10.4 Å². The maximum atomic E-state index is 13.3. The normalized spacial score (nSPS) is 10.2. The molecule has 1 amide bonds. The highest BCUT2D eigenvalue weighted by Crippen LogP contribution is 2.16. The summed E-state index contributed by atoms with van der Waals surface area (Å²) >= 11 is 0. The smallest absolute Gasteiger partial charge is 0.259 e. The van der Waals surface area contributed by atoms with Crippen LogP contribution < -0.4 is 5.32 Å². The fourth-order valence-electron chi connectivity index (χ4n) is 1.32. The zero-order valence-electron chi connectivity index (χ0n) is 8.95. The van der Waals surface area contributed by atoms with Crippen molar-refractivity contribution in [1.82, 2.24) is 4.98 Å². The Hall–Kier alpha value is -2.37. The number of halogens is 3. The second-order valence-electron chi connectivity index (χ2n) is 3.39. The number of anilines is 1. The van der Waals surface area contributed by atoms with E-state index in [0.29, 0.717) is 6.07 Å². The van der Waals surface area contributed by atoms with Gasteiger partial charge in [-0.25, -0.2) is 18.2 Å². The highest BCUT2D eigenvalue weighted by molar-refractivity contribution is 6.03. The molecule has 2 rings (SSSR count). The van der Waals surface area contributed by atoms with Gasteiger partial charge in [0.2, 0.25) is 0 Å². The summed E-state index contributed by atoms with van der Waals surface area (Å²) in [5.41, 5.74) is -0.584. The molecule has 0 aliphatic heterocycles. The van der Waals surface area contributed by atoms with Crippen molar-refractivity contribution in [3.63, 3.8) is 0 Å². The van der Waals surface area contributed by atoms with Crippen LogP contribution in [0.4, 0.5) is 19.0 Å². The van der Waals surface area contributed by atoms with Gasteiger partial charge in [0.15, 0.2) is 17.5 Å². The number of amides is 1. The summed E-state index contributed by atoms with van der Waals surface area (Å²) in [5, 5.41) is 2.27. The van der Waals surface area contributed by atoms with Crippen molar-refractivity contribution < 1.29 is 18.0 Å². The van der Waals surface area contributed by atoms with Crippen LogP contribution in [0.15, 0.2) is 36.5 Å². The molecule has 0 saturated heterocycles. The molecular formula is C12H7F3N2O. The average molecular weight is 252 g/mol. The van der Waals surface area contributed by atoms with Gasteiger partial charge in [0.05, 0.1) is 5.56 Å². The molecule has 1 N–H and O–H groups in total. The summed E-state index contributed by atoms with van der Waals surface area (Å²) in [6.07, 6.45) is 1.43. The molecule has 1 aromatic carbocycles. The van der Waals surface area contributed by atoms with Crippen molar-refractivity contribution in [3.05, 3.63) is 59.5 Å². The molecule has 0 bridgehead atoms. The first-order chi connectivity index (χ1) is 8.59. The molecule has 1 heterocycles. The Morgan fingerprint density at radius 2 is 1.83 bits per heavy atom. The van der Waals surface area contributed by atoms with Gasteiger partial charge in [-0.15, -0.1) is 0 Å². The fourth-order valence-corrected chi connectivity index (χ4v) is 1.32. The molecule has 0 unspecified atom stereocenters. The van der Waals surface area contributed by atoms with Gasteiger partial charge in [-0.05, 0) is 24.3 Å². The molecular weight excluding hydrogens is 245 g/mol. The molecule has 0 spiro atoms. The van der Waals surface area contributed by atoms with Gasteiger partial charge in [0, 0.05) is 6.20 Å². The Balaban J connectivity index is 2.28. The van der Waals surface area contributed by atoms with E-state index in [-0.39, 0.29) is 5.82 Å². The maximum Gasteiger partial charge on any atom is 0.259 e. The summed E-state index contributed by atoms with van der Waals surface area (Å²) in [6.45, 7) is 0. The quantitative estimate of drug-likeness (QED) is 0.835. The van der Waals surface area contributed by atoms with E-state index < -0.39 is 28.9 Å². The lowest BCUT2D eigenvalue weighted by atomic mass is 10.2. The fraction of sp³-hybridized carbons (Fsp3) is 0. The third kappa shape index (κ3) is 2.32. The van der Waals surface area contributed by atoms with E-state index in [4.69, 9.17) is 0 Å². The van der Waals surface area contributed by atoms with Gasteiger partial charge in [0.25, 0.3) is 5.91 Å².